The molecule has 0 atom stereocenters. The van der Waals surface area contributed by atoms with Crippen molar-refractivity contribution in [1.82, 2.24) is 0 Å². The lowest BCUT2D eigenvalue weighted by Gasteiger charge is -2.16. The minimum Gasteiger partial charge on any atom is -0.375 e. The molecule has 0 N–H and O–H groups in total. The maximum absolute atomic E-state index is 5.74. The van der Waals surface area contributed by atoms with Gasteiger partial charge in [0, 0.05) is 24.3 Å². The number of hydrogen-bond donors (Lipinski definition) is 0. The Balaban J connectivity index is 2.81. The van der Waals surface area contributed by atoms with Gasteiger partial charge < -0.3 is 4.90 Å². The molecular formula is C9H12ClN. The number of hydrogen-bond acceptors (Lipinski definition) is 1. The normalized spacial score (nSPS) is 9.73. The van der Waals surface area contributed by atoms with Gasteiger partial charge in [0.25, 0.3) is 0 Å². The van der Waals surface area contributed by atoms with E-state index in [-0.39, 0.29) is 0 Å². The number of halogens is 1. The molecule has 2 heteroatoms. The maximum atomic E-state index is 5.74. The average molecular weight is 170 g/mol. The van der Waals surface area contributed by atoms with Crippen LogP contribution in [0.15, 0.2) is 24.3 Å². The molecule has 0 saturated carbocycles. The molecule has 60 valence electrons. The minimum absolute atomic E-state index is 0.790. The average Bonchev–Trinajstić information content (AvgIpc) is 2.05. The van der Waals surface area contributed by atoms with Gasteiger partial charge in [-0.3, -0.25) is 0 Å². The summed E-state index contributed by atoms with van der Waals surface area (Å²) < 4.78 is 0. The third-order valence-electron chi connectivity index (χ3n) is 1.74. The van der Waals surface area contributed by atoms with Crippen LogP contribution in [0.2, 0.25) is 5.02 Å². The number of nitrogens with zero attached hydrogens (tertiary/aromatic N) is 1. The second-order valence-electron chi connectivity index (χ2n) is 2.49. The first-order valence-corrected chi connectivity index (χ1v) is 4.08. The predicted octanol–water partition coefficient (Wildman–Crippen LogP) is 2.80. The summed E-state index contributed by atoms with van der Waals surface area (Å²) in [4.78, 5) is 2.16. The quantitative estimate of drug-likeness (QED) is 0.658. The van der Waals surface area contributed by atoms with Gasteiger partial charge >= 0.3 is 0 Å². The molecule has 1 rings (SSSR count). The molecule has 0 unspecified atom stereocenters. The van der Waals surface area contributed by atoms with E-state index in [1.165, 1.54) is 5.69 Å². The Hall–Kier alpha value is -0.690. The van der Waals surface area contributed by atoms with Crippen molar-refractivity contribution in [3.8, 4) is 0 Å². The van der Waals surface area contributed by atoms with Gasteiger partial charge in [0.2, 0.25) is 0 Å². The second-order valence-corrected chi connectivity index (χ2v) is 2.93. The van der Waals surface area contributed by atoms with E-state index in [1.807, 2.05) is 24.3 Å². The number of rotatable bonds is 2. The van der Waals surface area contributed by atoms with E-state index < -0.39 is 0 Å². The summed E-state index contributed by atoms with van der Waals surface area (Å²) >= 11 is 5.74. The molecule has 0 fully saturated rings. The summed E-state index contributed by atoms with van der Waals surface area (Å²) in [6.45, 7) is 3.14. The standard InChI is InChI=1S/C9H12ClN/c1-3-11(2)9-6-4-8(10)5-7-9/h4-7H,3H2,1-2H3. The van der Waals surface area contributed by atoms with Crippen LogP contribution in [0.5, 0.6) is 0 Å². The van der Waals surface area contributed by atoms with Gasteiger partial charge in [-0.25, -0.2) is 0 Å². The fraction of sp³-hybridized carbons (Fsp3) is 0.333. The van der Waals surface area contributed by atoms with Crippen LogP contribution >= 0.6 is 11.6 Å². The molecule has 0 amide bonds. The van der Waals surface area contributed by atoms with Crippen LogP contribution in [0, 0.1) is 0 Å². The molecule has 1 aromatic rings. The van der Waals surface area contributed by atoms with E-state index in [9.17, 15) is 0 Å². The summed E-state index contributed by atoms with van der Waals surface area (Å²) in [7, 11) is 2.06. The fourth-order valence-electron chi connectivity index (χ4n) is 0.878. The first kappa shape index (κ1) is 8.41. The molecule has 0 heterocycles. The molecule has 0 aromatic heterocycles. The summed E-state index contributed by atoms with van der Waals surface area (Å²) in [5.41, 5.74) is 1.21. The Kier molecular flexibility index (Phi) is 2.77. The van der Waals surface area contributed by atoms with E-state index in [1.54, 1.807) is 0 Å². The zero-order chi connectivity index (χ0) is 8.27. The molecular weight excluding hydrogens is 158 g/mol. The molecule has 0 radical (unpaired) electrons. The smallest absolute Gasteiger partial charge is 0.0407 e. The van der Waals surface area contributed by atoms with Crippen molar-refractivity contribution in [2.24, 2.45) is 0 Å². The lowest BCUT2D eigenvalue weighted by Crippen LogP contribution is -2.15. The Labute approximate surface area is 72.6 Å². The van der Waals surface area contributed by atoms with Gasteiger partial charge in [-0.2, -0.15) is 0 Å². The van der Waals surface area contributed by atoms with Crippen molar-refractivity contribution >= 4 is 17.3 Å². The first-order chi connectivity index (χ1) is 5.24. The Bertz CT molecular complexity index is 218. The second kappa shape index (κ2) is 3.63. The predicted molar refractivity (Wildman–Crippen MR) is 50.4 cm³/mol. The fourth-order valence-corrected chi connectivity index (χ4v) is 1.00. The SMILES string of the molecule is CCN(C)c1ccc(Cl)cc1. The van der Waals surface area contributed by atoms with Crippen molar-refractivity contribution in [1.29, 1.82) is 0 Å². The van der Waals surface area contributed by atoms with Crippen LogP contribution in [-0.2, 0) is 0 Å². The van der Waals surface area contributed by atoms with Gasteiger partial charge in [0.1, 0.15) is 0 Å². The lowest BCUT2D eigenvalue weighted by molar-refractivity contribution is 0.968. The minimum atomic E-state index is 0.790. The van der Waals surface area contributed by atoms with Gasteiger partial charge in [0.05, 0.1) is 0 Å². The van der Waals surface area contributed by atoms with Crippen LogP contribution in [0.1, 0.15) is 6.92 Å². The molecule has 0 aliphatic carbocycles. The highest BCUT2D eigenvalue weighted by atomic mass is 35.5. The van der Waals surface area contributed by atoms with E-state index in [4.69, 9.17) is 11.6 Å². The van der Waals surface area contributed by atoms with Crippen LogP contribution in [0.4, 0.5) is 5.69 Å². The third kappa shape index (κ3) is 2.12. The van der Waals surface area contributed by atoms with Crippen molar-refractivity contribution in [3.63, 3.8) is 0 Å². The van der Waals surface area contributed by atoms with Crippen molar-refractivity contribution in [2.75, 3.05) is 18.5 Å². The first-order valence-electron chi connectivity index (χ1n) is 3.70. The molecule has 11 heavy (non-hydrogen) atoms. The van der Waals surface area contributed by atoms with Gasteiger partial charge in [-0.05, 0) is 31.2 Å². The number of anilines is 1. The Morgan fingerprint density at radius 1 is 1.27 bits per heavy atom. The molecule has 0 spiro atoms. The third-order valence-corrected chi connectivity index (χ3v) is 1.99. The van der Waals surface area contributed by atoms with Gasteiger partial charge in [-0.1, -0.05) is 11.6 Å². The summed E-state index contributed by atoms with van der Waals surface area (Å²) in [6, 6.07) is 7.85. The van der Waals surface area contributed by atoms with Crippen molar-refractivity contribution < 1.29 is 0 Å². The van der Waals surface area contributed by atoms with Gasteiger partial charge in [0.15, 0.2) is 0 Å². The zero-order valence-corrected chi connectivity index (χ0v) is 7.60. The van der Waals surface area contributed by atoms with Crippen LogP contribution in [0.25, 0.3) is 0 Å². The van der Waals surface area contributed by atoms with Crippen LogP contribution < -0.4 is 4.90 Å². The summed E-state index contributed by atoms with van der Waals surface area (Å²) in [5.74, 6) is 0. The highest BCUT2D eigenvalue weighted by Crippen LogP contribution is 2.15. The van der Waals surface area contributed by atoms with E-state index in [2.05, 4.69) is 18.9 Å². The van der Waals surface area contributed by atoms with Gasteiger partial charge in [-0.15, -0.1) is 0 Å². The van der Waals surface area contributed by atoms with Crippen molar-refractivity contribution in [2.45, 2.75) is 6.92 Å². The molecule has 1 aromatic carbocycles. The molecule has 1 nitrogen and oxygen atoms in total. The highest BCUT2D eigenvalue weighted by Gasteiger charge is 1.95. The Morgan fingerprint density at radius 3 is 2.27 bits per heavy atom. The molecule has 0 aliphatic heterocycles. The largest absolute Gasteiger partial charge is 0.375 e. The monoisotopic (exact) mass is 169 g/mol. The molecule has 0 bridgehead atoms. The number of benzene rings is 1. The maximum Gasteiger partial charge on any atom is 0.0407 e. The molecule has 0 saturated heterocycles. The lowest BCUT2D eigenvalue weighted by atomic mass is 10.3. The molecule has 0 aliphatic rings. The van der Waals surface area contributed by atoms with E-state index in [0.29, 0.717) is 0 Å². The Morgan fingerprint density at radius 2 is 1.82 bits per heavy atom. The van der Waals surface area contributed by atoms with Crippen LogP contribution in [-0.4, -0.2) is 13.6 Å². The summed E-state index contributed by atoms with van der Waals surface area (Å²) in [5, 5.41) is 0.790. The van der Waals surface area contributed by atoms with E-state index >= 15 is 0 Å². The highest BCUT2D eigenvalue weighted by molar-refractivity contribution is 6.30. The topological polar surface area (TPSA) is 3.24 Å². The zero-order valence-electron chi connectivity index (χ0n) is 6.84. The van der Waals surface area contributed by atoms with E-state index in [0.717, 1.165) is 11.6 Å². The van der Waals surface area contributed by atoms with Crippen molar-refractivity contribution in [3.05, 3.63) is 29.3 Å². The van der Waals surface area contributed by atoms with Crippen LogP contribution in [0.3, 0.4) is 0 Å². The summed E-state index contributed by atoms with van der Waals surface area (Å²) in [6.07, 6.45) is 0.